The van der Waals surface area contributed by atoms with E-state index in [1.54, 1.807) is 4.90 Å². The van der Waals surface area contributed by atoms with Crippen molar-refractivity contribution in [3.05, 3.63) is 41.1 Å². The lowest BCUT2D eigenvalue weighted by Gasteiger charge is -2.25. The van der Waals surface area contributed by atoms with Crippen molar-refractivity contribution in [2.45, 2.75) is 44.6 Å². The number of fused-ring (bicyclic) bond motifs is 1. The summed E-state index contributed by atoms with van der Waals surface area (Å²) in [6.45, 7) is 2.60. The molecule has 1 N–H and O–H groups in total. The summed E-state index contributed by atoms with van der Waals surface area (Å²) >= 11 is 0. The number of benzene rings is 1. The van der Waals surface area contributed by atoms with E-state index < -0.39 is 35.2 Å². The fourth-order valence-corrected chi connectivity index (χ4v) is 3.15. The fourth-order valence-electron chi connectivity index (χ4n) is 3.15. The van der Waals surface area contributed by atoms with Gasteiger partial charge in [0.25, 0.3) is 0 Å². The van der Waals surface area contributed by atoms with Crippen LogP contribution in [0.15, 0.2) is 24.3 Å². The number of aliphatic hydroxyl groups excluding tert-OH is 1. The Hall–Kier alpha value is -2.38. The maximum Gasteiger partial charge on any atom is 0.433 e. The summed E-state index contributed by atoms with van der Waals surface area (Å²) < 4.78 is 80.0. The van der Waals surface area contributed by atoms with Gasteiger partial charge in [-0.05, 0) is 30.7 Å². The third-order valence-corrected chi connectivity index (χ3v) is 4.63. The number of para-hydroxylation sites is 1. The highest BCUT2D eigenvalue weighted by Gasteiger charge is 2.38. The Balaban J connectivity index is 2.56. The van der Waals surface area contributed by atoms with Crippen LogP contribution in [0.1, 0.15) is 49.1 Å². The van der Waals surface area contributed by atoms with Gasteiger partial charge in [-0.2, -0.15) is 31.6 Å². The number of nitriles is 1. The van der Waals surface area contributed by atoms with Crippen LogP contribution in [0.2, 0.25) is 0 Å². The van der Waals surface area contributed by atoms with Gasteiger partial charge in [0.15, 0.2) is 0 Å². The van der Waals surface area contributed by atoms with E-state index in [9.17, 15) is 31.4 Å². The van der Waals surface area contributed by atoms with E-state index in [0.29, 0.717) is 18.7 Å². The Morgan fingerprint density at radius 3 is 2.40 bits per heavy atom. The van der Waals surface area contributed by atoms with Crippen LogP contribution in [0.25, 0.3) is 10.9 Å². The summed E-state index contributed by atoms with van der Waals surface area (Å²) in [4.78, 5) is 4.93. The van der Waals surface area contributed by atoms with Crippen molar-refractivity contribution >= 4 is 10.9 Å². The second kappa shape index (κ2) is 9.62. The monoisotopic (exact) mass is 433 g/mol. The fraction of sp³-hybridized carbons (Fsp3) is 0.500. The summed E-state index contributed by atoms with van der Waals surface area (Å²) in [5, 5.41) is 19.3. The Bertz CT molecular complexity index is 904. The maximum absolute atomic E-state index is 13.3. The molecule has 0 spiro atoms. The minimum absolute atomic E-state index is 0.117. The van der Waals surface area contributed by atoms with Crippen LogP contribution in [-0.4, -0.2) is 34.6 Å². The van der Waals surface area contributed by atoms with Crippen LogP contribution in [0.3, 0.4) is 0 Å². The predicted molar refractivity (Wildman–Crippen MR) is 98.3 cm³/mol. The molecule has 0 aliphatic heterocycles. The maximum atomic E-state index is 13.3. The number of unbranched alkanes of at least 4 members (excludes halogenated alkanes) is 1. The van der Waals surface area contributed by atoms with Crippen molar-refractivity contribution in [3.8, 4) is 6.07 Å². The van der Waals surface area contributed by atoms with Crippen molar-refractivity contribution in [2.75, 3.05) is 19.6 Å². The van der Waals surface area contributed by atoms with E-state index in [1.807, 2.05) is 13.0 Å². The minimum Gasteiger partial charge on any atom is -0.387 e. The van der Waals surface area contributed by atoms with Gasteiger partial charge >= 0.3 is 12.4 Å². The lowest BCUT2D eigenvalue weighted by molar-refractivity contribution is -0.142. The molecule has 164 valence electrons. The van der Waals surface area contributed by atoms with Gasteiger partial charge in [0.2, 0.25) is 0 Å². The quantitative estimate of drug-likeness (QED) is 0.573. The van der Waals surface area contributed by atoms with E-state index in [-0.39, 0.29) is 30.5 Å². The summed E-state index contributed by atoms with van der Waals surface area (Å²) in [5.74, 6) is 0. The SMILES string of the molecule is CCCCN(CCC#N)CC(O)c1cc(C(F)(F)F)nc2c(C(F)(F)F)cccc12. The molecule has 1 unspecified atom stereocenters. The van der Waals surface area contributed by atoms with E-state index in [2.05, 4.69) is 4.98 Å². The first-order valence-electron chi connectivity index (χ1n) is 9.34. The van der Waals surface area contributed by atoms with Crippen LogP contribution >= 0.6 is 0 Å². The van der Waals surface area contributed by atoms with Crippen LogP contribution in [0.5, 0.6) is 0 Å². The topological polar surface area (TPSA) is 60.2 Å². The van der Waals surface area contributed by atoms with Crippen LogP contribution < -0.4 is 0 Å². The number of pyridine rings is 1. The number of alkyl halides is 6. The van der Waals surface area contributed by atoms with Crippen molar-refractivity contribution in [3.63, 3.8) is 0 Å². The first-order chi connectivity index (χ1) is 14.0. The Morgan fingerprint density at radius 1 is 1.13 bits per heavy atom. The summed E-state index contributed by atoms with van der Waals surface area (Å²) in [7, 11) is 0. The molecule has 1 atom stereocenters. The summed E-state index contributed by atoms with van der Waals surface area (Å²) in [6, 6.07) is 5.50. The number of nitrogens with zero attached hydrogens (tertiary/aromatic N) is 3. The van der Waals surface area contributed by atoms with Crippen molar-refractivity contribution < 1.29 is 31.4 Å². The lowest BCUT2D eigenvalue weighted by atomic mass is 9.99. The molecule has 2 rings (SSSR count). The van der Waals surface area contributed by atoms with Gasteiger partial charge in [-0.15, -0.1) is 0 Å². The molecule has 0 saturated heterocycles. The first-order valence-corrected chi connectivity index (χ1v) is 9.34. The molecule has 30 heavy (non-hydrogen) atoms. The number of halogens is 6. The molecule has 0 bridgehead atoms. The van der Waals surface area contributed by atoms with Crippen molar-refractivity contribution in [1.29, 1.82) is 5.26 Å². The molecule has 1 heterocycles. The number of hydrogen-bond donors (Lipinski definition) is 1. The molecule has 1 aromatic heterocycles. The van der Waals surface area contributed by atoms with Gasteiger partial charge < -0.3 is 5.11 Å². The largest absolute Gasteiger partial charge is 0.433 e. The molecule has 0 aliphatic rings. The highest BCUT2D eigenvalue weighted by atomic mass is 19.4. The van der Waals surface area contributed by atoms with Gasteiger partial charge in [-0.25, -0.2) is 4.98 Å². The van der Waals surface area contributed by atoms with Crippen LogP contribution in [0, 0.1) is 11.3 Å². The van der Waals surface area contributed by atoms with E-state index in [1.165, 1.54) is 6.07 Å². The Kier molecular flexibility index (Phi) is 7.66. The Morgan fingerprint density at radius 2 is 1.83 bits per heavy atom. The zero-order chi connectivity index (χ0) is 22.5. The van der Waals surface area contributed by atoms with E-state index >= 15 is 0 Å². The smallest absolute Gasteiger partial charge is 0.387 e. The molecular weight excluding hydrogens is 412 g/mol. The number of rotatable bonds is 8. The zero-order valence-electron chi connectivity index (χ0n) is 16.2. The van der Waals surface area contributed by atoms with E-state index in [4.69, 9.17) is 5.26 Å². The van der Waals surface area contributed by atoms with Gasteiger partial charge in [-0.1, -0.05) is 25.5 Å². The predicted octanol–water partition coefficient (Wildman–Crippen LogP) is 5.32. The zero-order valence-corrected chi connectivity index (χ0v) is 16.2. The molecule has 0 saturated carbocycles. The molecular formula is C20H21F6N3O. The standard InChI is InChI=1S/C20H21F6N3O/c1-2-3-9-29(10-5-8-27)12-16(30)14-11-17(20(24,25)26)28-18-13(14)6-4-7-15(18)19(21,22)23/h4,6-7,11,16,30H,2-3,5,9-10,12H2,1H3. The number of aromatic nitrogens is 1. The van der Waals surface area contributed by atoms with Crippen LogP contribution in [0.4, 0.5) is 26.3 Å². The molecule has 0 aliphatic carbocycles. The molecule has 2 aromatic rings. The van der Waals surface area contributed by atoms with E-state index in [0.717, 1.165) is 18.9 Å². The van der Waals surface area contributed by atoms with Gasteiger partial charge in [0, 0.05) is 24.9 Å². The number of hydrogen-bond acceptors (Lipinski definition) is 4. The molecule has 0 amide bonds. The molecule has 1 aromatic carbocycles. The average Bonchev–Trinajstić information content (AvgIpc) is 2.67. The minimum atomic E-state index is -4.98. The Labute approximate surface area is 169 Å². The van der Waals surface area contributed by atoms with Crippen molar-refractivity contribution in [1.82, 2.24) is 9.88 Å². The third-order valence-electron chi connectivity index (χ3n) is 4.63. The second-order valence-corrected chi connectivity index (χ2v) is 6.87. The highest BCUT2D eigenvalue weighted by molar-refractivity contribution is 5.86. The normalized spacial score (nSPS) is 13.6. The van der Waals surface area contributed by atoms with Crippen LogP contribution in [-0.2, 0) is 12.4 Å². The summed E-state index contributed by atoms with van der Waals surface area (Å²) in [6.07, 6.45) is -9.66. The molecule has 10 heteroatoms. The average molecular weight is 433 g/mol. The first kappa shape index (κ1) is 23.9. The van der Waals surface area contributed by atoms with Crippen molar-refractivity contribution in [2.24, 2.45) is 0 Å². The van der Waals surface area contributed by atoms with Gasteiger partial charge in [0.1, 0.15) is 5.69 Å². The second-order valence-electron chi connectivity index (χ2n) is 6.87. The third kappa shape index (κ3) is 5.83. The van der Waals surface area contributed by atoms with Gasteiger partial charge in [-0.3, -0.25) is 4.90 Å². The molecule has 4 nitrogen and oxygen atoms in total. The lowest BCUT2D eigenvalue weighted by Crippen LogP contribution is -2.31. The molecule has 0 radical (unpaired) electrons. The summed E-state index contributed by atoms with van der Waals surface area (Å²) in [5.41, 5.74) is -3.94. The number of aliphatic hydroxyl groups is 1. The molecule has 0 fully saturated rings. The van der Waals surface area contributed by atoms with Gasteiger partial charge in [0.05, 0.1) is 23.3 Å². The highest BCUT2D eigenvalue weighted by Crippen LogP contribution is 2.39.